The Balaban J connectivity index is 1.97. The number of hydrogen-bond donors (Lipinski definition) is 2. The largest absolute Gasteiger partial charge is 0.328 e. The van der Waals surface area contributed by atoms with Gasteiger partial charge in [-0.2, -0.15) is 5.10 Å². The number of halogens is 1. The molecule has 4 rings (SSSR count). The van der Waals surface area contributed by atoms with E-state index in [9.17, 15) is 14.0 Å². The van der Waals surface area contributed by atoms with E-state index in [-0.39, 0.29) is 11.1 Å². The maximum atomic E-state index is 14.2. The van der Waals surface area contributed by atoms with Gasteiger partial charge in [-0.15, -0.1) is 6.42 Å². The van der Waals surface area contributed by atoms with Crippen LogP contribution < -0.4 is 11.2 Å². The second kappa shape index (κ2) is 6.63. The fourth-order valence-electron chi connectivity index (χ4n) is 3.13. The lowest BCUT2D eigenvalue weighted by atomic mass is 10.0. The Morgan fingerprint density at radius 1 is 1.25 bits per heavy atom. The van der Waals surface area contributed by atoms with Crippen LogP contribution >= 0.6 is 0 Å². The number of nitrogens with zero attached hydrogens (tertiary/aromatic N) is 3. The summed E-state index contributed by atoms with van der Waals surface area (Å²) in [7, 11) is 0. The number of benzene rings is 1. The fraction of sp³-hybridized carbons (Fsp3) is 0.100. The topological polar surface area (TPSA) is 96.4 Å². The molecule has 0 aliphatic heterocycles. The monoisotopic (exact) mass is 375 g/mol. The number of rotatable bonds is 3. The molecule has 0 amide bonds. The minimum absolute atomic E-state index is 0.0990. The smallest absolute Gasteiger partial charge is 0.291 e. The standard InChI is InChI=1S/C20H14FN5O2/c1-3-16-14-9-12(21)8-13(18(14)25-24-16)15-10-26(20(28)23-19(15)27)11(2)17-6-4-5-7-22-17/h1,4-11H,2H3,(H,24,25)(H,23,27,28)/t11-/m0/s1. The molecule has 0 bridgehead atoms. The summed E-state index contributed by atoms with van der Waals surface area (Å²) in [5.41, 5.74) is 0.384. The van der Waals surface area contributed by atoms with E-state index in [0.717, 1.165) is 0 Å². The number of aromatic amines is 2. The van der Waals surface area contributed by atoms with Crippen molar-refractivity contribution < 1.29 is 4.39 Å². The van der Waals surface area contributed by atoms with Crippen LogP contribution in [0.15, 0.2) is 52.3 Å². The lowest BCUT2D eigenvalue weighted by Gasteiger charge is -2.15. The van der Waals surface area contributed by atoms with E-state index in [1.165, 1.54) is 22.9 Å². The van der Waals surface area contributed by atoms with Crippen molar-refractivity contribution in [1.29, 1.82) is 0 Å². The van der Waals surface area contributed by atoms with Crippen LogP contribution in [0.5, 0.6) is 0 Å². The molecule has 2 N–H and O–H groups in total. The predicted octanol–water partition coefficient (Wildman–Crippen LogP) is 2.20. The summed E-state index contributed by atoms with van der Waals surface area (Å²) in [5, 5.41) is 7.15. The molecule has 7 nitrogen and oxygen atoms in total. The molecular formula is C20H14FN5O2. The maximum Gasteiger partial charge on any atom is 0.328 e. The minimum Gasteiger partial charge on any atom is -0.291 e. The summed E-state index contributed by atoms with van der Waals surface area (Å²) >= 11 is 0. The molecule has 4 aromatic rings. The molecule has 0 unspecified atom stereocenters. The second-order valence-corrected chi connectivity index (χ2v) is 6.23. The molecule has 0 aliphatic rings. The van der Waals surface area contributed by atoms with Crippen LogP contribution in [0.2, 0.25) is 0 Å². The summed E-state index contributed by atoms with van der Waals surface area (Å²) in [6.45, 7) is 1.78. The van der Waals surface area contributed by atoms with E-state index in [0.29, 0.717) is 22.3 Å². The van der Waals surface area contributed by atoms with Crippen molar-refractivity contribution in [2.24, 2.45) is 0 Å². The Bertz CT molecular complexity index is 1350. The molecule has 3 aromatic heterocycles. The first kappa shape index (κ1) is 17.4. The van der Waals surface area contributed by atoms with Gasteiger partial charge in [0.15, 0.2) is 0 Å². The van der Waals surface area contributed by atoms with E-state index in [1.807, 2.05) is 0 Å². The first-order valence-corrected chi connectivity index (χ1v) is 8.40. The Morgan fingerprint density at radius 3 is 2.79 bits per heavy atom. The van der Waals surface area contributed by atoms with E-state index in [1.54, 1.807) is 31.3 Å². The number of pyridine rings is 1. The average Bonchev–Trinajstić information content (AvgIpc) is 3.10. The minimum atomic E-state index is -0.647. The predicted molar refractivity (Wildman–Crippen MR) is 102 cm³/mol. The molecule has 0 saturated heterocycles. The molecule has 0 fully saturated rings. The van der Waals surface area contributed by atoms with Gasteiger partial charge < -0.3 is 0 Å². The van der Waals surface area contributed by atoms with Crippen LogP contribution in [0.4, 0.5) is 4.39 Å². The Morgan fingerprint density at radius 2 is 2.07 bits per heavy atom. The molecule has 8 heteroatoms. The molecule has 28 heavy (non-hydrogen) atoms. The molecule has 1 atom stereocenters. The molecule has 0 aliphatic carbocycles. The van der Waals surface area contributed by atoms with Crippen molar-refractivity contribution in [2.75, 3.05) is 0 Å². The van der Waals surface area contributed by atoms with Gasteiger partial charge in [0.2, 0.25) is 0 Å². The van der Waals surface area contributed by atoms with Gasteiger partial charge in [0.25, 0.3) is 5.56 Å². The van der Waals surface area contributed by atoms with Crippen molar-refractivity contribution in [2.45, 2.75) is 13.0 Å². The highest BCUT2D eigenvalue weighted by atomic mass is 19.1. The quantitative estimate of drug-likeness (QED) is 0.537. The van der Waals surface area contributed by atoms with Crippen LogP contribution in [0.1, 0.15) is 24.4 Å². The highest BCUT2D eigenvalue weighted by Gasteiger charge is 2.18. The van der Waals surface area contributed by atoms with Gasteiger partial charge in [0, 0.05) is 23.3 Å². The van der Waals surface area contributed by atoms with E-state index >= 15 is 0 Å². The van der Waals surface area contributed by atoms with Gasteiger partial charge in [-0.1, -0.05) is 12.0 Å². The lowest BCUT2D eigenvalue weighted by Crippen LogP contribution is -2.32. The fourth-order valence-corrected chi connectivity index (χ4v) is 3.13. The molecular weight excluding hydrogens is 361 g/mol. The SMILES string of the molecule is C#Cc1[nH]nc2c(-c3cn([C@@H](C)c4ccccn4)c(=O)[nH]c3=O)cc(F)cc12. The normalized spacial score (nSPS) is 12.0. The van der Waals surface area contributed by atoms with Crippen molar-refractivity contribution in [3.05, 3.63) is 80.8 Å². The third-order valence-electron chi connectivity index (χ3n) is 4.56. The van der Waals surface area contributed by atoms with Gasteiger partial charge in [0.05, 0.1) is 17.3 Å². The van der Waals surface area contributed by atoms with Gasteiger partial charge >= 0.3 is 5.69 Å². The number of H-pyrrole nitrogens is 2. The summed E-state index contributed by atoms with van der Waals surface area (Å²) in [5.74, 6) is 1.82. The van der Waals surface area contributed by atoms with Crippen LogP contribution in [-0.2, 0) is 0 Å². The van der Waals surface area contributed by atoms with Crippen molar-refractivity contribution in [1.82, 2.24) is 24.7 Å². The number of nitrogens with one attached hydrogen (secondary N) is 2. The van der Waals surface area contributed by atoms with Crippen LogP contribution in [-0.4, -0.2) is 24.7 Å². The molecule has 138 valence electrons. The molecule has 0 spiro atoms. The number of fused-ring (bicyclic) bond motifs is 1. The summed E-state index contributed by atoms with van der Waals surface area (Å²) in [6, 6.07) is 7.33. The number of hydrogen-bond acceptors (Lipinski definition) is 4. The third-order valence-corrected chi connectivity index (χ3v) is 4.56. The summed E-state index contributed by atoms with van der Waals surface area (Å²) in [6.07, 6.45) is 8.42. The first-order valence-electron chi connectivity index (χ1n) is 8.40. The Kier molecular flexibility index (Phi) is 4.12. The second-order valence-electron chi connectivity index (χ2n) is 6.23. The summed E-state index contributed by atoms with van der Waals surface area (Å²) < 4.78 is 15.5. The molecule has 1 aromatic carbocycles. The van der Waals surface area contributed by atoms with E-state index < -0.39 is 23.1 Å². The van der Waals surface area contributed by atoms with Gasteiger partial charge in [-0.25, -0.2) is 9.18 Å². The molecule has 0 saturated carbocycles. The van der Waals surface area contributed by atoms with Crippen LogP contribution in [0.3, 0.4) is 0 Å². The first-order chi connectivity index (χ1) is 13.5. The summed E-state index contributed by atoms with van der Waals surface area (Å²) in [4.78, 5) is 31.4. The zero-order chi connectivity index (χ0) is 19.8. The highest BCUT2D eigenvalue weighted by molar-refractivity contribution is 5.96. The Hall–Kier alpha value is -3.99. The van der Waals surface area contributed by atoms with Gasteiger partial charge in [-0.05, 0) is 31.2 Å². The van der Waals surface area contributed by atoms with Crippen molar-refractivity contribution in [3.63, 3.8) is 0 Å². The lowest BCUT2D eigenvalue weighted by molar-refractivity contribution is 0.581. The molecule has 3 heterocycles. The van der Waals surface area contributed by atoms with Crippen LogP contribution in [0, 0.1) is 18.2 Å². The van der Waals surface area contributed by atoms with Crippen molar-refractivity contribution in [3.8, 4) is 23.5 Å². The number of aromatic nitrogens is 5. The van der Waals surface area contributed by atoms with Crippen molar-refractivity contribution >= 4 is 10.9 Å². The third kappa shape index (κ3) is 2.79. The Labute approximate surface area is 157 Å². The highest BCUT2D eigenvalue weighted by Crippen LogP contribution is 2.28. The van der Waals surface area contributed by atoms with Gasteiger partial charge in [-0.3, -0.25) is 24.4 Å². The zero-order valence-electron chi connectivity index (χ0n) is 14.7. The van der Waals surface area contributed by atoms with E-state index in [2.05, 4.69) is 26.1 Å². The average molecular weight is 375 g/mol. The molecule has 0 radical (unpaired) electrons. The van der Waals surface area contributed by atoms with E-state index in [4.69, 9.17) is 6.42 Å². The zero-order valence-corrected chi connectivity index (χ0v) is 14.7. The number of terminal acetylenes is 1. The maximum absolute atomic E-state index is 14.2. The van der Waals surface area contributed by atoms with Crippen LogP contribution in [0.25, 0.3) is 22.0 Å². The van der Waals surface area contributed by atoms with Gasteiger partial charge in [0.1, 0.15) is 17.0 Å².